The van der Waals surface area contributed by atoms with Crippen LogP contribution in [0, 0.1) is 18.6 Å². The van der Waals surface area contributed by atoms with Crippen LogP contribution >= 0.6 is 0 Å². The smallest absolute Gasteiger partial charge is 0.255 e. The van der Waals surface area contributed by atoms with Crippen LogP contribution in [-0.4, -0.2) is 18.4 Å². The van der Waals surface area contributed by atoms with E-state index in [1.807, 2.05) is 0 Å². The fourth-order valence-electron chi connectivity index (χ4n) is 2.02. The van der Waals surface area contributed by atoms with Crippen LogP contribution in [-0.2, 0) is 4.79 Å². The zero-order valence-corrected chi connectivity index (χ0v) is 13.0. The molecule has 0 heterocycles. The van der Waals surface area contributed by atoms with Gasteiger partial charge in [0.25, 0.3) is 5.91 Å². The summed E-state index contributed by atoms with van der Waals surface area (Å²) in [7, 11) is 0. The normalized spacial score (nSPS) is 10.3. The van der Waals surface area contributed by atoms with Gasteiger partial charge in [-0.1, -0.05) is 6.07 Å². The van der Waals surface area contributed by atoms with E-state index in [4.69, 9.17) is 5.73 Å². The lowest BCUT2D eigenvalue weighted by molar-refractivity contribution is -0.116. The van der Waals surface area contributed by atoms with Gasteiger partial charge in [0.2, 0.25) is 5.91 Å². The average Bonchev–Trinajstić information content (AvgIpc) is 2.53. The molecule has 0 spiro atoms. The van der Waals surface area contributed by atoms with Crippen LogP contribution in [0.25, 0.3) is 0 Å². The number of nitrogens with two attached hydrogens (primary N) is 1. The van der Waals surface area contributed by atoms with E-state index in [1.54, 1.807) is 25.1 Å². The number of carbonyl (C=O) groups excluding carboxylic acids is 2. The monoisotopic (exact) mass is 333 g/mol. The third-order valence-electron chi connectivity index (χ3n) is 3.32. The van der Waals surface area contributed by atoms with Crippen LogP contribution in [0.3, 0.4) is 0 Å². The van der Waals surface area contributed by atoms with Crippen molar-refractivity contribution in [2.45, 2.75) is 13.3 Å². The number of benzene rings is 2. The maximum absolute atomic E-state index is 13.2. The fraction of sp³-hybridized carbons (Fsp3) is 0.176. The highest BCUT2D eigenvalue weighted by Crippen LogP contribution is 2.21. The molecule has 0 aromatic heterocycles. The van der Waals surface area contributed by atoms with Gasteiger partial charge in [-0.2, -0.15) is 0 Å². The second kappa shape index (κ2) is 7.65. The third-order valence-corrected chi connectivity index (χ3v) is 3.32. The topological polar surface area (TPSA) is 84.2 Å². The molecule has 0 bridgehead atoms. The number of halogens is 2. The summed E-state index contributed by atoms with van der Waals surface area (Å²) in [5.74, 6) is -2.94. The molecule has 0 saturated heterocycles. The molecule has 5 nitrogen and oxygen atoms in total. The van der Waals surface area contributed by atoms with E-state index in [2.05, 4.69) is 10.6 Å². The van der Waals surface area contributed by atoms with E-state index in [9.17, 15) is 18.4 Å². The molecule has 126 valence electrons. The Morgan fingerprint density at radius 2 is 1.79 bits per heavy atom. The molecule has 7 heteroatoms. The van der Waals surface area contributed by atoms with Gasteiger partial charge in [-0.3, -0.25) is 9.59 Å². The number of hydrogen-bond acceptors (Lipinski definition) is 3. The second-order valence-electron chi connectivity index (χ2n) is 5.20. The van der Waals surface area contributed by atoms with Crippen LogP contribution in [0.4, 0.5) is 20.2 Å². The van der Waals surface area contributed by atoms with Crippen molar-refractivity contribution in [1.29, 1.82) is 0 Å². The molecule has 0 aliphatic carbocycles. The molecule has 0 unspecified atom stereocenters. The van der Waals surface area contributed by atoms with E-state index >= 15 is 0 Å². The quantitative estimate of drug-likeness (QED) is 0.787. The van der Waals surface area contributed by atoms with Crippen molar-refractivity contribution >= 4 is 23.2 Å². The Kier molecular flexibility index (Phi) is 5.59. The minimum atomic E-state index is -1.10. The lowest BCUT2D eigenvalue weighted by atomic mass is 10.1. The molecule has 2 aromatic rings. The van der Waals surface area contributed by atoms with Gasteiger partial charge in [0, 0.05) is 29.9 Å². The van der Waals surface area contributed by atoms with E-state index < -0.39 is 17.5 Å². The Labute approximate surface area is 137 Å². The standard InChI is InChI=1S/C17H17F2N3O2/c1-10-2-4-12(9-15(10)22-16(23)6-7-20)21-17(24)11-3-5-13(18)14(19)8-11/h2-5,8-9H,6-7,20H2,1H3,(H,21,24)(H,22,23). The molecular formula is C17H17F2N3O2. The van der Waals surface area contributed by atoms with Crippen molar-refractivity contribution < 1.29 is 18.4 Å². The van der Waals surface area contributed by atoms with Gasteiger partial charge in [0.15, 0.2) is 11.6 Å². The summed E-state index contributed by atoms with van der Waals surface area (Å²) in [6.07, 6.45) is 0.185. The zero-order chi connectivity index (χ0) is 17.7. The maximum Gasteiger partial charge on any atom is 0.255 e. The SMILES string of the molecule is Cc1ccc(NC(=O)c2ccc(F)c(F)c2)cc1NC(=O)CCN. The molecule has 0 fully saturated rings. The van der Waals surface area contributed by atoms with Gasteiger partial charge in [-0.25, -0.2) is 8.78 Å². The fourth-order valence-corrected chi connectivity index (χ4v) is 2.02. The molecule has 0 atom stereocenters. The van der Waals surface area contributed by atoms with Crippen molar-refractivity contribution in [2.24, 2.45) is 5.73 Å². The van der Waals surface area contributed by atoms with Gasteiger partial charge in [0.1, 0.15) is 0 Å². The molecule has 2 amide bonds. The summed E-state index contributed by atoms with van der Waals surface area (Å²) in [6, 6.07) is 7.85. The van der Waals surface area contributed by atoms with Gasteiger partial charge in [-0.15, -0.1) is 0 Å². The maximum atomic E-state index is 13.2. The Bertz CT molecular complexity index is 778. The molecule has 4 N–H and O–H groups in total. The highest BCUT2D eigenvalue weighted by atomic mass is 19.2. The predicted molar refractivity (Wildman–Crippen MR) is 87.8 cm³/mol. The van der Waals surface area contributed by atoms with Gasteiger partial charge in [-0.05, 0) is 42.8 Å². The molecule has 0 aliphatic heterocycles. The summed E-state index contributed by atoms with van der Waals surface area (Å²) in [6.45, 7) is 2.04. The van der Waals surface area contributed by atoms with E-state index in [1.165, 1.54) is 6.07 Å². The van der Waals surface area contributed by atoms with Crippen LogP contribution < -0.4 is 16.4 Å². The number of nitrogens with one attached hydrogen (secondary N) is 2. The summed E-state index contributed by atoms with van der Waals surface area (Å²) < 4.78 is 26.1. The summed E-state index contributed by atoms with van der Waals surface area (Å²) in [4.78, 5) is 23.7. The van der Waals surface area contributed by atoms with Crippen molar-refractivity contribution in [3.05, 3.63) is 59.2 Å². The summed E-state index contributed by atoms with van der Waals surface area (Å²) >= 11 is 0. The first-order chi connectivity index (χ1) is 11.4. The van der Waals surface area contributed by atoms with E-state index in [0.717, 1.165) is 17.7 Å². The zero-order valence-electron chi connectivity index (χ0n) is 13.0. The first-order valence-electron chi connectivity index (χ1n) is 7.27. The molecule has 24 heavy (non-hydrogen) atoms. The highest BCUT2D eigenvalue weighted by Gasteiger charge is 2.11. The van der Waals surface area contributed by atoms with E-state index in [0.29, 0.717) is 11.4 Å². The van der Waals surface area contributed by atoms with Crippen molar-refractivity contribution in [1.82, 2.24) is 0 Å². The number of anilines is 2. The molecule has 0 saturated carbocycles. The predicted octanol–water partition coefficient (Wildman–Crippen LogP) is 2.81. The van der Waals surface area contributed by atoms with Gasteiger partial charge < -0.3 is 16.4 Å². The highest BCUT2D eigenvalue weighted by molar-refractivity contribution is 6.04. The second-order valence-corrected chi connectivity index (χ2v) is 5.20. The first-order valence-corrected chi connectivity index (χ1v) is 7.27. The van der Waals surface area contributed by atoms with Crippen molar-refractivity contribution in [3.8, 4) is 0 Å². The number of hydrogen-bond donors (Lipinski definition) is 3. The Hall–Kier alpha value is -2.80. The first kappa shape index (κ1) is 17.6. The lowest BCUT2D eigenvalue weighted by Gasteiger charge is -2.11. The minimum absolute atomic E-state index is 0.0109. The van der Waals surface area contributed by atoms with Gasteiger partial charge >= 0.3 is 0 Å². The van der Waals surface area contributed by atoms with Crippen LogP contribution in [0.5, 0.6) is 0 Å². The summed E-state index contributed by atoms with van der Waals surface area (Å²) in [5.41, 5.74) is 7.08. The molecule has 0 aliphatic rings. The Balaban J connectivity index is 2.15. The average molecular weight is 333 g/mol. The number of aryl methyl sites for hydroxylation is 1. The molecule has 2 aromatic carbocycles. The third kappa shape index (κ3) is 4.36. The number of rotatable bonds is 5. The molecular weight excluding hydrogens is 316 g/mol. The number of carbonyl (C=O) groups is 2. The minimum Gasteiger partial charge on any atom is -0.330 e. The van der Waals surface area contributed by atoms with Crippen LogP contribution in [0.15, 0.2) is 36.4 Å². The van der Waals surface area contributed by atoms with Crippen molar-refractivity contribution in [3.63, 3.8) is 0 Å². The van der Waals surface area contributed by atoms with Gasteiger partial charge in [0.05, 0.1) is 0 Å². The van der Waals surface area contributed by atoms with Crippen LogP contribution in [0.2, 0.25) is 0 Å². The number of amides is 2. The lowest BCUT2D eigenvalue weighted by Crippen LogP contribution is -2.17. The Morgan fingerprint density at radius 3 is 2.46 bits per heavy atom. The molecule has 0 radical (unpaired) electrons. The summed E-state index contributed by atoms with van der Waals surface area (Å²) in [5, 5.41) is 5.28. The Morgan fingerprint density at radius 1 is 1.04 bits per heavy atom. The van der Waals surface area contributed by atoms with E-state index in [-0.39, 0.29) is 24.4 Å². The largest absolute Gasteiger partial charge is 0.330 e. The van der Waals surface area contributed by atoms with Crippen molar-refractivity contribution in [2.75, 3.05) is 17.2 Å². The van der Waals surface area contributed by atoms with Crippen LogP contribution in [0.1, 0.15) is 22.3 Å². The molecule has 2 rings (SSSR count).